The smallest absolute Gasteiger partial charge is 0.326 e. The van der Waals surface area contributed by atoms with Crippen LogP contribution < -0.4 is 21.3 Å². The van der Waals surface area contributed by atoms with Gasteiger partial charge in [0.15, 0.2) is 0 Å². The summed E-state index contributed by atoms with van der Waals surface area (Å²) in [7, 11) is 0. The van der Waals surface area contributed by atoms with Crippen molar-refractivity contribution in [2.45, 2.75) is 95.4 Å². The minimum atomic E-state index is -1.42. The minimum Gasteiger partial charge on any atom is -0.481 e. The second-order valence-corrected chi connectivity index (χ2v) is 11.4. The molecule has 15 nitrogen and oxygen atoms in total. The molecule has 3 aliphatic rings. The van der Waals surface area contributed by atoms with Gasteiger partial charge in [0.05, 0.1) is 12.6 Å². The lowest BCUT2D eigenvalue weighted by molar-refractivity contribution is -0.148. The Kier molecular flexibility index (Phi) is 11.6. The molecule has 3 fully saturated rings. The quantitative estimate of drug-likeness (QED) is 0.144. The van der Waals surface area contributed by atoms with Gasteiger partial charge in [-0.05, 0) is 57.4 Å². The number of nitrogens with one attached hydrogen (secondary N) is 4. The molecule has 3 rings (SSSR count). The summed E-state index contributed by atoms with van der Waals surface area (Å²) in [5, 5.41) is 28.6. The third-order valence-corrected chi connectivity index (χ3v) is 7.97. The predicted molar refractivity (Wildman–Crippen MR) is 147 cm³/mol. The molecule has 15 heteroatoms. The zero-order chi connectivity index (χ0) is 31.0. The highest BCUT2D eigenvalue weighted by molar-refractivity contribution is 5.96. The number of hydrogen-bond donors (Lipinski definition) is 6. The van der Waals surface area contributed by atoms with Crippen molar-refractivity contribution in [3.63, 3.8) is 0 Å². The molecule has 3 aliphatic heterocycles. The summed E-state index contributed by atoms with van der Waals surface area (Å²) in [6.45, 7) is 4.52. The maximum absolute atomic E-state index is 13.6. The molecule has 0 aliphatic carbocycles. The van der Waals surface area contributed by atoms with Gasteiger partial charge in [-0.3, -0.25) is 28.8 Å². The Bertz CT molecular complexity index is 1060. The van der Waals surface area contributed by atoms with Gasteiger partial charge in [-0.15, -0.1) is 0 Å². The number of carbonyl (C=O) groups excluding carboxylic acids is 5. The van der Waals surface area contributed by atoms with Crippen LogP contribution in [0.1, 0.15) is 65.2 Å². The highest BCUT2D eigenvalue weighted by Gasteiger charge is 2.44. The molecule has 0 aromatic heterocycles. The normalized spacial score (nSPS) is 23.4. The average Bonchev–Trinajstić information content (AvgIpc) is 3.73. The summed E-state index contributed by atoms with van der Waals surface area (Å²) in [5.41, 5.74) is 0. The van der Waals surface area contributed by atoms with Crippen molar-refractivity contribution < 1.29 is 43.8 Å². The van der Waals surface area contributed by atoms with Crippen molar-refractivity contribution in [2.75, 3.05) is 26.2 Å². The molecule has 5 unspecified atom stereocenters. The van der Waals surface area contributed by atoms with E-state index in [1.165, 1.54) is 9.80 Å². The molecule has 5 amide bonds. The van der Waals surface area contributed by atoms with Crippen LogP contribution in [0, 0.1) is 5.92 Å². The Balaban J connectivity index is 1.59. The standard InChI is InChI=1S/C27H42N6O9/c1-15(2)22(31-23(37)16-6-3-11-28-16)26(40)33-13-5-8-19(33)25(39)32-12-4-7-18(32)24(38)29-14-20(34)30-17(27(41)42)9-10-21(35)36/h15-19,22,28H,3-14H2,1-2H3,(H,29,38)(H,30,34)(H,31,37)(H,35,36)(H,41,42). The van der Waals surface area contributed by atoms with Gasteiger partial charge in [0.1, 0.15) is 24.2 Å². The molecule has 0 spiro atoms. The Hall–Kier alpha value is -3.75. The first-order chi connectivity index (χ1) is 19.9. The molecule has 0 aromatic rings. The lowest BCUT2D eigenvalue weighted by Crippen LogP contribution is -2.58. The lowest BCUT2D eigenvalue weighted by Gasteiger charge is -2.34. The van der Waals surface area contributed by atoms with Crippen molar-refractivity contribution in [3.05, 3.63) is 0 Å². The predicted octanol–water partition coefficient (Wildman–Crippen LogP) is -1.59. The number of carbonyl (C=O) groups is 7. The van der Waals surface area contributed by atoms with E-state index in [2.05, 4.69) is 21.3 Å². The third kappa shape index (κ3) is 8.39. The maximum Gasteiger partial charge on any atom is 0.326 e. The summed E-state index contributed by atoms with van der Waals surface area (Å²) < 4.78 is 0. The van der Waals surface area contributed by atoms with Crippen molar-refractivity contribution in [3.8, 4) is 0 Å². The van der Waals surface area contributed by atoms with E-state index in [9.17, 15) is 38.7 Å². The molecule has 6 N–H and O–H groups in total. The van der Waals surface area contributed by atoms with Gasteiger partial charge >= 0.3 is 11.9 Å². The number of amides is 5. The van der Waals surface area contributed by atoms with E-state index in [1.54, 1.807) is 0 Å². The van der Waals surface area contributed by atoms with E-state index in [-0.39, 0.29) is 36.1 Å². The molecular weight excluding hydrogens is 552 g/mol. The van der Waals surface area contributed by atoms with Gasteiger partial charge in [-0.25, -0.2) is 4.79 Å². The van der Waals surface area contributed by atoms with Crippen LogP contribution in [0.2, 0.25) is 0 Å². The summed E-state index contributed by atoms with van der Waals surface area (Å²) >= 11 is 0. The number of hydrogen-bond acceptors (Lipinski definition) is 8. The molecule has 0 aromatic carbocycles. The largest absolute Gasteiger partial charge is 0.481 e. The van der Waals surface area contributed by atoms with Crippen molar-refractivity contribution in [1.82, 2.24) is 31.1 Å². The van der Waals surface area contributed by atoms with Crippen molar-refractivity contribution >= 4 is 41.5 Å². The fourth-order valence-electron chi connectivity index (χ4n) is 5.69. The van der Waals surface area contributed by atoms with Gasteiger partial charge < -0.3 is 41.3 Å². The molecule has 5 atom stereocenters. The fourth-order valence-corrected chi connectivity index (χ4v) is 5.69. The summed E-state index contributed by atoms with van der Waals surface area (Å²) in [6, 6.07) is -4.20. The molecule has 42 heavy (non-hydrogen) atoms. The average molecular weight is 595 g/mol. The first-order valence-electron chi connectivity index (χ1n) is 14.6. The van der Waals surface area contributed by atoms with Crippen molar-refractivity contribution in [1.29, 1.82) is 0 Å². The van der Waals surface area contributed by atoms with Gasteiger partial charge in [0.25, 0.3) is 0 Å². The fraction of sp³-hybridized carbons (Fsp3) is 0.741. The second kappa shape index (κ2) is 14.9. The van der Waals surface area contributed by atoms with E-state index < -0.39 is 60.9 Å². The first-order valence-corrected chi connectivity index (χ1v) is 14.6. The SMILES string of the molecule is CC(C)C(NC(=O)C1CCCN1)C(=O)N1CCCC1C(=O)N1CCCC1C(=O)NCC(=O)NC(CCC(=O)O)C(=O)O. The highest BCUT2D eigenvalue weighted by atomic mass is 16.4. The van der Waals surface area contributed by atoms with E-state index in [1.807, 2.05) is 13.8 Å². The number of carboxylic acids is 2. The van der Waals surface area contributed by atoms with Gasteiger partial charge in [-0.1, -0.05) is 13.8 Å². The third-order valence-electron chi connectivity index (χ3n) is 7.97. The molecule has 0 bridgehead atoms. The van der Waals surface area contributed by atoms with Crippen LogP contribution >= 0.6 is 0 Å². The molecule has 3 saturated heterocycles. The van der Waals surface area contributed by atoms with Crippen LogP contribution in [0.25, 0.3) is 0 Å². The zero-order valence-corrected chi connectivity index (χ0v) is 24.1. The Labute approximate surface area is 244 Å². The van der Waals surface area contributed by atoms with Gasteiger partial charge in [0.2, 0.25) is 29.5 Å². The molecule has 3 heterocycles. The van der Waals surface area contributed by atoms with Crippen LogP contribution in [-0.4, -0.2) is 118 Å². The number of nitrogens with zero attached hydrogens (tertiary/aromatic N) is 2. The van der Waals surface area contributed by atoms with E-state index >= 15 is 0 Å². The van der Waals surface area contributed by atoms with E-state index in [0.717, 1.165) is 13.0 Å². The molecule has 234 valence electrons. The zero-order valence-electron chi connectivity index (χ0n) is 24.1. The minimum absolute atomic E-state index is 0.208. The van der Waals surface area contributed by atoms with E-state index in [4.69, 9.17) is 5.11 Å². The number of rotatable bonds is 13. The van der Waals surface area contributed by atoms with Crippen LogP contribution in [0.5, 0.6) is 0 Å². The van der Waals surface area contributed by atoms with Crippen LogP contribution in [-0.2, 0) is 33.6 Å². The van der Waals surface area contributed by atoms with Crippen LogP contribution in [0.15, 0.2) is 0 Å². The summed E-state index contributed by atoms with van der Waals surface area (Å²) in [4.78, 5) is 90.2. The monoisotopic (exact) mass is 594 g/mol. The Morgan fingerprint density at radius 2 is 1.52 bits per heavy atom. The molecule has 0 saturated carbocycles. The maximum atomic E-state index is 13.6. The van der Waals surface area contributed by atoms with Gasteiger partial charge in [0, 0.05) is 19.5 Å². The van der Waals surface area contributed by atoms with Crippen LogP contribution in [0.4, 0.5) is 0 Å². The molecule has 0 radical (unpaired) electrons. The lowest BCUT2D eigenvalue weighted by atomic mass is 10.0. The van der Waals surface area contributed by atoms with Gasteiger partial charge in [-0.2, -0.15) is 0 Å². The van der Waals surface area contributed by atoms with E-state index in [0.29, 0.717) is 45.2 Å². The topological polar surface area (TPSA) is 215 Å². The summed E-state index contributed by atoms with van der Waals surface area (Å²) in [5.74, 6) is -5.13. The first kappa shape index (κ1) is 32.8. The Morgan fingerprint density at radius 3 is 2.12 bits per heavy atom. The second-order valence-electron chi connectivity index (χ2n) is 11.4. The number of likely N-dealkylation sites (tertiary alicyclic amines) is 2. The summed E-state index contributed by atoms with van der Waals surface area (Å²) in [6.07, 6.45) is 2.74. The van der Waals surface area contributed by atoms with Crippen LogP contribution in [0.3, 0.4) is 0 Å². The Morgan fingerprint density at radius 1 is 0.857 bits per heavy atom. The number of carboxylic acid groups (broad SMARTS) is 2. The van der Waals surface area contributed by atoms with Crippen molar-refractivity contribution in [2.24, 2.45) is 5.92 Å². The highest BCUT2D eigenvalue weighted by Crippen LogP contribution is 2.26. The number of aliphatic carboxylic acids is 2. The molecular formula is C27H42N6O9.